The standard InChI is InChI=1S/C15H24N2OS/c1-2-16-14(8-12-5-7-19-11-12)15-9-17-6-3-4-13(17)10-18-15/h5,7,11,13-16H,2-4,6,8-10H2,1H3. The van der Waals surface area contributed by atoms with Gasteiger partial charge in [-0.2, -0.15) is 11.3 Å². The van der Waals surface area contributed by atoms with E-state index in [9.17, 15) is 0 Å². The first-order valence-corrected chi connectivity index (χ1v) is 8.41. The Kier molecular flexibility index (Phi) is 4.53. The van der Waals surface area contributed by atoms with Crippen LogP contribution in [0.3, 0.4) is 0 Å². The SMILES string of the molecule is CCNC(Cc1ccsc1)C1CN2CCCC2CO1. The molecule has 0 amide bonds. The van der Waals surface area contributed by atoms with Crippen molar-refractivity contribution in [1.29, 1.82) is 0 Å². The largest absolute Gasteiger partial charge is 0.374 e. The fraction of sp³-hybridized carbons (Fsp3) is 0.733. The van der Waals surface area contributed by atoms with E-state index < -0.39 is 0 Å². The van der Waals surface area contributed by atoms with Gasteiger partial charge in [-0.15, -0.1) is 0 Å². The molecule has 0 aliphatic carbocycles. The van der Waals surface area contributed by atoms with Gasteiger partial charge in [0.2, 0.25) is 0 Å². The summed E-state index contributed by atoms with van der Waals surface area (Å²) in [5.41, 5.74) is 1.43. The molecule has 0 spiro atoms. The van der Waals surface area contributed by atoms with Crippen molar-refractivity contribution in [2.75, 3.05) is 26.2 Å². The van der Waals surface area contributed by atoms with Crippen molar-refractivity contribution in [1.82, 2.24) is 10.2 Å². The fourth-order valence-corrected chi connectivity index (χ4v) is 4.03. The number of rotatable bonds is 5. The van der Waals surface area contributed by atoms with Crippen molar-refractivity contribution in [2.24, 2.45) is 0 Å². The van der Waals surface area contributed by atoms with Gasteiger partial charge >= 0.3 is 0 Å². The maximum atomic E-state index is 6.15. The number of ether oxygens (including phenoxy) is 1. The molecular weight excluding hydrogens is 256 g/mol. The van der Waals surface area contributed by atoms with Crippen LogP contribution in [0.2, 0.25) is 0 Å². The molecule has 2 saturated heterocycles. The van der Waals surface area contributed by atoms with Gasteiger partial charge in [-0.1, -0.05) is 6.92 Å². The van der Waals surface area contributed by atoms with Gasteiger partial charge in [-0.3, -0.25) is 4.90 Å². The first kappa shape index (κ1) is 13.6. The summed E-state index contributed by atoms with van der Waals surface area (Å²) in [6, 6.07) is 3.37. The highest BCUT2D eigenvalue weighted by molar-refractivity contribution is 7.07. The fourth-order valence-electron chi connectivity index (χ4n) is 3.35. The minimum absolute atomic E-state index is 0.342. The molecule has 19 heavy (non-hydrogen) atoms. The van der Waals surface area contributed by atoms with E-state index in [4.69, 9.17) is 4.74 Å². The maximum Gasteiger partial charge on any atom is 0.0858 e. The van der Waals surface area contributed by atoms with E-state index in [0.717, 1.165) is 26.1 Å². The van der Waals surface area contributed by atoms with Crippen molar-refractivity contribution >= 4 is 11.3 Å². The van der Waals surface area contributed by atoms with Crippen LogP contribution < -0.4 is 5.32 Å². The minimum atomic E-state index is 0.342. The van der Waals surface area contributed by atoms with E-state index in [-0.39, 0.29) is 0 Å². The molecule has 2 aliphatic rings. The van der Waals surface area contributed by atoms with Crippen molar-refractivity contribution in [3.63, 3.8) is 0 Å². The first-order chi connectivity index (χ1) is 9.36. The number of thiophene rings is 1. The molecular formula is C15H24N2OS. The predicted molar refractivity (Wildman–Crippen MR) is 79.8 cm³/mol. The molecule has 0 aromatic carbocycles. The molecule has 3 atom stereocenters. The van der Waals surface area contributed by atoms with Crippen molar-refractivity contribution < 1.29 is 4.74 Å². The number of hydrogen-bond donors (Lipinski definition) is 1. The number of fused-ring (bicyclic) bond motifs is 1. The molecule has 0 radical (unpaired) electrons. The molecule has 3 nitrogen and oxygen atoms in total. The summed E-state index contributed by atoms with van der Waals surface area (Å²) in [6.45, 7) is 6.49. The van der Waals surface area contributed by atoms with Crippen LogP contribution in [0, 0.1) is 0 Å². The molecule has 3 rings (SSSR count). The van der Waals surface area contributed by atoms with Crippen molar-refractivity contribution in [3.8, 4) is 0 Å². The van der Waals surface area contributed by atoms with Crippen LogP contribution in [0.15, 0.2) is 16.8 Å². The number of nitrogens with zero attached hydrogens (tertiary/aromatic N) is 1. The van der Waals surface area contributed by atoms with Gasteiger partial charge in [0, 0.05) is 18.6 Å². The summed E-state index contributed by atoms with van der Waals surface area (Å²) in [7, 11) is 0. The third-order valence-corrected chi connectivity index (χ3v) is 5.10. The summed E-state index contributed by atoms with van der Waals surface area (Å²) < 4.78 is 6.15. The van der Waals surface area contributed by atoms with Gasteiger partial charge in [0.25, 0.3) is 0 Å². The number of likely N-dealkylation sites (N-methyl/N-ethyl adjacent to an activating group) is 1. The highest BCUT2D eigenvalue weighted by atomic mass is 32.1. The average Bonchev–Trinajstić information content (AvgIpc) is 3.08. The Bertz CT molecular complexity index is 382. The van der Waals surface area contributed by atoms with E-state index in [2.05, 4.69) is 34.0 Å². The van der Waals surface area contributed by atoms with E-state index in [1.165, 1.54) is 24.9 Å². The quantitative estimate of drug-likeness (QED) is 0.894. The smallest absolute Gasteiger partial charge is 0.0858 e. The van der Waals surface area contributed by atoms with Crippen molar-refractivity contribution in [3.05, 3.63) is 22.4 Å². The van der Waals surface area contributed by atoms with E-state index >= 15 is 0 Å². The Morgan fingerprint density at radius 3 is 3.32 bits per heavy atom. The molecule has 1 aromatic rings. The third kappa shape index (κ3) is 3.19. The Morgan fingerprint density at radius 1 is 1.58 bits per heavy atom. The summed E-state index contributed by atoms with van der Waals surface area (Å²) >= 11 is 1.78. The zero-order valence-corrected chi connectivity index (χ0v) is 12.5. The minimum Gasteiger partial charge on any atom is -0.374 e. The van der Waals surface area contributed by atoms with Gasteiger partial charge in [0.15, 0.2) is 0 Å². The van der Waals surface area contributed by atoms with Crippen LogP contribution in [-0.2, 0) is 11.2 Å². The summed E-state index contributed by atoms with van der Waals surface area (Å²) in [4.78, 5) is 2.63. The molecule has 0 bridgehead atoms. The maximum absolute atomic E-state index is 6.15. The zero-order valence-electron chi connectivity index (χ0n) is 11.7. The third-order valence-electron chi connectivity index (χ3n) is 4.37. The van der Waals surface area contributed by atoms with Gasteiger partial charge in [0.05, 0.1) is 12.7 Å². The number of nitrogens with one attached hydrogen (secondary N) is 1. The lowest BCUT2D eigenvalue weighted by molar-refractivity contribution is -0.0641. The Morgan fingerprint density at radius 2 is 2.53 bits per heavy atom. The van der Waals surface area contributed by atoms with Crippen LogP contribution >= 0.6 is 11.3 Å². The van der Waals surface area contributed by atoms with Crippen LogP contribution in [0.1, 0.15) is 25.3 Å². The molecule has 4 heteroatoms. The molecule has 3 heterocycles. The second-order valence-electron chi connectivity index (χ2n) is 5.66. The summed E-state index contributed by atoms with van der Waals surface area (Å²) in [5.74, 6) is 0. The zero-order chi connectivity index (χ0) is 13.1. The predicted octanol–water partition coefficient (Wildman–Crippen LogP) is 2.13. The number of hydrogen-bond acceptors (Lipinski definition) is 4. The Labute approximate surface area is 119 Å². The van der Waals surface area contributed by atoms with Crippen molar-refractivity contribution in [2.45, 2.75) is 44.4 Å². The van der Waals surface area contributed by atoms with Crippen LogP contribution in [-0.4, -0.2) is 49.3 Å². The second-order valence-corrected chi connectivity index (χ2v) is 6.44. The van der Waals surface area contributed by atoms with E-state index in [1.807, 2.05) is 0 Å². The normalized spacial score (nSPS) is 29.3. The molecule has 2 fully saturated rings. The lowest BCUT2D eigenvalue weighted by Gasteiger charge is -2.39. The summed E-state index contributed by atoms with van der Waals surface area (Å²) in [5, 5.41) is 8.04. The Balaban J connectivity index is 1.62. The van der Waals surface area contributed by atoms with E-state index in [0.29, 0.717) is 18.2 Å². The monoisotopic (exact) mass is 280 g/mol. The molecule has 106 valence electrons. The van der Waals surface area contributed by atoms with E-state index in [1.54, 1.807) is 11.3 Å². The lowest BCUT2D eigenvalue weighted by atomic mass is 10.0. The molecule has 1 N–H and O–H groups in total. The Hall–Kier alpha value is -0.420. The molecule has 1 aromatic heterocycles. The van der Waals surface area contributed by atoms with Crippen LogP contribution in [0.4, 0.5) is 0 Å². The van der Waals surface area contributed by atoms with Crippen LogP contribution in [0.5, 0.6) is 0 Å². The van der Waals surface area contributed by atoms with Gasteiger partial charge in [-0.05, 0) is 54.7 Å². The molecule has 2 aliphatic heterocycles. The van der Waals surface area contributed by atoms with Gasteiger partial charge < -0.3 is 10.1 Å². The molecule has 3 unspecified atom stereocenters. The van der Waals surface area contributed by atoms with Crippen LogP contribution in [0.25, 0.3) is 0 Å². The second kappa shape index (κ2) is 6.35. The average molecular weight is 280 g/mol. The lowest BCUT2D eigenvalue weighted by Crippen LogP contribution is -2.54. The van der Waals surface area contributed by atoms with Gasteiger partial charge in [-0.25, -0.2) is 0 Å². The highest BCUT2D eigenvalue weighted by Gasteiger charge is 2.35. The highest BCUT2D eigenvalue weighted by Crippen LogP contribution is 2.24. The molecule has 0 saturated carbocycles. The van der Waals surface area contributed by atoms with Gasteiger partial charge in [0.1, 0.15) is 0 Å². The summed E-state index contributed by atoms with van der Waals surface area (Å²) in [6.07, 6.45) is 4.09. The number of morpholine rings is 1. The first-order valence-electron chi connectivity index (χ1n) is 7.47. The topological polar surface area (TPSA) is 24.5 Å².